The molecule has 19 heavy (non-hydrogen) atoms. The molecule has 0 aromatic carbocycles. The van der Waals surface area contributed by atoms with Crippen molar-refractivity contribution in [1.82, 2.24) is 4.98 Å². The molecule has 0 saturated carbocycles. The number of carbonyl (C=O) groups excluding carboxylic acids is 1. The van der Waals surface area contributed by atoms with Crippen molar-refractivity contribution in [2.24, 2.45) is 0 Å². The molecule has 106 valence electrons. The van der Waals surface area contributed by atoms with Gasteiger partial charge in [0.1, 0.15) is 5.92 Å². The normalized spacial score (nSPS) is 17.3. The molecular formula is C13H20N2O3S. The van der Waals surface area contributed by atoms with Crippen LogP contribution in [0.15, 0.2) is 0 Å². The number of ether oxygens (including phenoxy) is 2. The van der Waals surface area contributed by atoms with Crippen LogP contribution in [0.2, 0.25) is 0 Å². The fourth-order valence-corrected chi connectivity index (χ4v) is 3.21. The summed E-state index contributed by atoms with van der Waals surface area (Å²) in [7, 11) is 0. The van der Waals surface area contributed by atoms with Crippen molar-refractivity contribution in [3.05, 3.63) is 10.6 Å². The van der Waals surface area contributed by atoms with Gasteiger partial charge in [-0.1, -0.05) is 0 Å². The number of nitrogens with one attached hydrogen (secondary N) is 1. The molecule has 0 spiro atoms. The molecule has 0 radical (unpaired) electrons. The Hall–Kier alpha value is -1.14. The Bertz CT molecular complexity index is 434. The van der Waals surface area contributed by atoms with E-state index in [1.165, 1.54) is 4.88 Å². The van der Waals surface area contributed by atoms with Crippen molar-refractivity contribution in [2.75, 3.05) is 31.7 Å². The summed E-state index contributed by atoms with van der Waals surface area (Å²) in [5.41, 5.74) is 0.905. The SMILES string of the molecule is CCOCCNc1nc2c(s1)CCC2C(=O)OCC. The van der Waals surface area contributed by atoms with Crippen molar-refractivity contribution in [2.45, 2.75) is 32.6 Å². The lowest BCUT2D eigenvalue weighted by Crippen LogP contribution is -2.14. The largest absolute Gasteiger partial charge is 0.465 e. The van der Waals surface area contributed by atoms with Crippen LogP contribution < -0.4 is 5.32 Å². The first-order valence-electron chi connectivity index (χ1n) is 6.74. The Kier molecular flexibility index (Phi) is 5.15. The number of anilines is 1. The summed E-state index contributed by atoms with van der Waals surface area (Å²) >= 11 is 1.63. The molecule has 1 aromatic heterocycles. The summed E-state index contributed by atoms with van der Waals surface area (Å²) < 4.78 is 10.4. The average Bonchev–Trinajstić information content (AvgIpc) is 2.94. The minimum absolute atomic E-state index is 0.146. The van der Waals surface area contributed by atoms with Crippen LogP contribution in [-0.4, -0.2) is 37.3 Å². The van der Waals surface area contributed by atoms with Crippen LogP contribution in [0.3, 0.4) is 0 Å². The Balaban J connectivity index is 1.93. The van der Waals surface area contributed by atoms with Gasteiger partial charge in [0.25, 0.3) is 0 Å². The van der Waals surface area contributed by atoms with Gasteiger partial charge in [-0.3, -0.25) is 4.79 Å². The Morgan fingerprint density at radius 2 is 2.32 bits per heavy atom. The third-order valence-electron chi connectivity index (χ3n) is 3.02. The molecule has 0 amide bonds. The summed E-state index contributed by atoms with van der Waals surface area (Å²) in [6.07, 6.45) is 1.75. The monoisotopic (exact) mass is 284 g/mol. The number of carbonyl (C=O) groups is 1. The summed E-state index contributed by atoms with van der Waals surface area (Å²) in [4.78, 5) is 17.5. The maximum absolute atomic E-state index is 11.8. The second-order valence-electron chi connectivity index (χ2n) is 4.29. The van der Waals surface area contributed by atoms with Gasteiger partial charge in [-0.25, -0.2) is 4.98 Å². The van der Waals surface area contributed by atoms with E-state index in [1.807, 2.05) is 13.8 Å². The molecule has 1 N–H and O–H groups in total. The van der Waals surface area contributed by atoms with Crippen LogP contribution in [0.1, 0.15) is 36.8 Å². The number of nitrogens with zero attached hydrogens (tertiary/aromatic N) is 1. The third-order valence-corrected chi connectivity index (χ3v) is 4.10. The molecule has 0 fully saturated rings. The van der Waals surface area contributed by atoms with Gasteiger partial charge < -0.3 is 14.8 Å². The van der Waals surface area contributed by atoms with Crippen molar-refractivity contribution < 1.29 is 14.3 Å². The van der Waals surface area contributed by atoms with E-state index in [0.29, 0.717) is 13.2 Å². The molecule has 6 heteroatoms. The number of thiazole rings is 1. The van der Waals surface area contributed by atoms with Crippen molar-refractivity contribution in [1.29, 1.82) is 0 Å². The lowest BCUT2D eigenvalue weighted by atomic mass is 10.1. The second-order valence-corrected chi connectivity index (χ2v) is 5.38. The number of aryl methyl sites for hydroxylation is 1. The van der Waals surface area contributed by atoms with Crippen LogP contribution in [0.4, 0.5) is 5.13 Å². The van der Waals surface area contributed by atoms with Gasteiger partial charge in [0.15, 0.2) is 5.13 Å². The van der Waals surface area contributed by atoms with E-state index in [0.717, 1.165) is 36.8 Å². The Morgan fingerprint density at radius 3 is 3.05 bits per heavy atom. The van der Waals surface area contributed by atoms with Crippen molar-refractivity contribution in [3.8, 4) is 0 Å². The molecule has 0 bridgehead atoms. The molecule has 1 heterocycles. The highest BCUT2D eigenvalue weighted by Crippen LogP contribution is 2.38. The maximum atomic E-state index is 11.8. The number of fused-ring (bicyclic) bond motifs is 1. The first-order chi connectivity index (χ1) is 9.26. The van der Waals surface area contributed by atoms with Gasteiger partial charge in [0.05, 0.1) is 18.9 Å². The number of aromatic nitrogens is 1. The summed E-state index contributed by atoms with van der Waals surface area (Å²) in [5, 5.41) is 4.10. The molecule has 1 atom stereocenters. The van der Waals surface area contributed by atoms with E-state index in [-0.39, 0.29) is 11.9 Å². The van der Waals surface area contributed by atoms with Crippen LogP contribution in [0, 0.1) is 0 Å². The van der Waals surface area contributed by atoms with Gasteiger partial charge in [0.2, 0.25) is 0 Å². The van der Waals surface area contributed by atoms with E-state index >= 15 is 0 Å². The van der Waals surface area contributed by atoms with Gasteiger partial charge >= 0.3 is 5.97 Å². The highest BCUT2D eigenvalue weighted by atomic mass is 32.1. The highest BCUT2D eigenvalue weighted by Gasteiger charge is 2.33. The maximum Gasteiger partial charge on any atom is 0.315 e. The van der Waals surface area contributed by atoms with Gasteiger partial charge in [0, 0.05) is 18.0 Å². The second kappa shape index (κ2) is 6.86. The lowest BCUT2D eigenvalue weighted by Gasteiger charge is -2.08. The average molecular weight is 284 g/mol. The van der Waals surface area contributed by atoms with E-state index < -0.39 is 0 Å². The number of hydrogen-bond donors (Lipinski definition) is 1. The van der Waals surface area contributed by atoms with Crippen LogP contribution >= 0.6 is 11.3 Å². The zero-order valence-corrected chi connectivity index (χ0v) is 12.2. The standard InChI is InChI=1S/C13H20N2O3S/c1-3-17-8-7-14-13-15-11-9(12(16)18-4-2)5-6-10(11)19-13/h9H,3-8H2,1-2H3,(H,14,15). The van der Waals surface area contributed by atoms with E-state index in [2.05, 4.69) is 10.3 Å². The molecule has 2 rings (SSSR count). The first-order valence-corrected chi connectivity index (χ1v) is 7.55. The molecule has 1 aliphatic rings. The van der Waals surface area contributed by atoms with E-state index in [9.17, 15) is 4.79 Å². The molecule has 5 nitrogen and oxygen atoms in total. The topological polar surface area (TPSA) is 60.5 Å². The van der Waals surface area contributed by atoms with Gasteiger partial charge in [-0.2, -0.15) is 0 Å². The predicted molar refractivity (Wildman–Crippen MR) is 74.8 cm³/mol. The molecule has 1 unspecified atom stereocenters. The molecule has 0 aliphatic heterocycles. The van der Waals surface area contributed by atoms with Crippen LogP contribution in [0.25, 0.3) is 0 Å². The molecule has 1 aromatic rings. The molecular weight excluding hydrogens is 264 g/mol. The fraction of sp³-hybridized carbons (Fsp3) is 0.692. The summed E-state index contributed by atoms with van der Waals surface area (Å²) in [6, 6.07) is 0. The third kappa shape index (κ3) is 3.45. The number of esters is 1. The number of rotatable bonds is 7. The Labute approximate surface area is 117 Å². The first kappa shape index (κ1) is 14.3. The highest BCUT2D eigenvalue weighted by molar-refractivity contribution is 7.15. The van der Waals surface area contributed by atoms with E-state index in [4.69, 9.17) is 9.47 Å². The minimum Gasteiger partial charge on any atom is -0.465 e. The smallest absolute Gasteiger partial charge is 0.315 e. The van der Waals surface area contributed by atoms with Crippen LogP contribution in [-0.2, 0) is 20.7 Å². The predicted octanol–water partition coefficient (Wildman–Crippen LogP) is 2.18. The number of hydrogen-bond acceptors (Lipinski definition) is 6. The summed E-state index contributed by atoms with van der Waals surface area (Å²) in [5.74, 6) is -0.318. The lowest BCUT2D eigenvalue weighted by molar-refractivity contribution is -0.145. The zero-order valence-electron chi connectivity index (χ0n) is 11.4. The fourth-order valence-electron chi connectivity index (χ4n) is 2.15. The molecule has 0 saturated heterocycles. The van der Waals surface area contributed by atoms with E-state index in [1.54, 1.807) is 11.3 Å². The molecule has 1 aliphatic carbocycles. The van der Waals surface area contributed by atoms with Crippen molar-refractivity contribution >= 4 is 22.4 Å². The Morgan fingerprint density at radius 1 is 1.47 bits per heavy atom. The minimum atomic E-state index is -0.173. The quantitative estimate of drug-likeness (QED) is 0.614. The van der Waals surface area contributed by atoms with Crippen molar-refractivity contribution in [3.63, 3.8) is 0 Å². The summed E-state index contributed by atoms with van der Waals surface area (Å²) in [6.45, 7) is 6.36. The van der Waals surface area contributed by atoms with Crippen LogP contribution in [0.5, 0.6) is 0 Å². The zero-order chi connectivity index (χ0) is 13.7. The van der Waals surface area contributed by atoms with Gasteiger partial charge in [-0.05, 0) is 26.7 Å². The van der Waals surface area contributed by atoms with Gasteiger partial charge in [-0.15, -0.1) is 11.3 Å².